The Morgan fingerprint density at radius 1 is 1.44 bits per heavy atom. The van der Waals surface area contributed by atoms with Gasteiger partial charge in [0.05, 0.1) is 6.54 Å². The highest BCUT2D eigenvalue weighted by Gasteiger charge is 2.21. The topological polar surface area (TPSA) is 56.7 Å². The van der Waals surface area contributed by atoms with Gasteiger partial charge in [0, 0.05) is 11.8 Å². The van der Waals surface area contributed by atoms with E-state index in [2.05, 4.69) is 28.6 Å². The number of nitrogens with two attached hydrogens (primary N) is 1. The van der Waals surface area contributed by atoms with E-state index < -0.39 is 0 Å². The fourth-order valence-corrected chi connectivity index (χ4v) is 2.97. The zero-order chi connectivity index (χ0) is 11.5. The second kappa shape index (κ2) is 5.19. The zero-order valence-electron chi connectivity index (χ0n) is 10.0. The summed E-state index contributed by atoms with van der Waals surface area (Å²) in [6.07, 6.45) is 4.16. The molecule has 0 aliphatic heterocycles. The molecule has 16 heavy (non-hydrogen) atoms. The first-order chi connectivity index (χ1) is 7.72. The number of rotatable bonds is 6. The van der Waals surface area contributed by atoms with E-state index >= 15 is 0 Å². The number of aromatic nitrogens is 3. The molecule has 1 aromatic rings. The molecule has 5 heteroatoms. The molecular formula is C11H20N4S. The molecular weight excluding hydrogens is 220 g/mol. The Kier molecular flexibility index (Phi) is 3.86. The van der Waals surface area contributed by atoms with Crippen molar-refractivity contribution >= 4 is 11.8 Å². The van der Waals surface area contributed by atoms with Crippen molar-refractivity contribution in [3.8, 4) is 0 Å². The Labute approximate surface area is 101 Å². The third kappa shape index (κ3) is 2.77. The summed E-state index contributed by atoms with van der Waals surface area (Å²) < 4.78 is 2.15. The molecule has 0 bridgehead atoms. The number of hydrogen-bond donors (Lipinski definition) is 1. The van der Waals surface area contributed by atoms with Crippen LogP contribution in [0.1, 0.15) is 45.0 Å². The Morgan fingerprint density at radius 3 is 2.75 bits per heavy atom. The van der Waals surface area contributed by atoms with Gasteiger partial charge in [-0.05, 0) is 26.2 Å². The van der Waals surface area contributed by atoms with Gasteiger partial charge in [0.2, 0.25) is 0 Å². The van der Waals surface area contributed by atoms with Crippen molar-refractivity contribution in [2.75, 3.05) is 5.75 Å². The predicted octanol–water partition coefficient (Wildman–Crippen LogP) is 2.21. The summed E-state index contributed by atoms with van der Waals surface area (Å²) >= 11 is 1.81. The molecule has 1 heterocycles. The number of nitrogens with zero attached hydrogens (tertiary/aromatic N) is 3. The van der Waals surface area contributed by atoms with E-state index in [1.165, 1.54) is 19.3 Å². The minimum atomic E-state index is 0.386. The molecule has 0 unspecified atom stereocenters. The van der Waals surface area contributed by atoms with Gasteiger partial charge >= 0.3 is 0 Å². The molecule has 0 amide bonds. The van der Waals surface area contributed by atoms with Gasteiger partial charge in [-0.25, -0.2) is 0 Å². The van der Waals surface area contributed by atoms with Gasteiger partial charge in [0.15, 0.2) is 5.16 Å². The van der Waals surface area contributed by atoms with Crippen LogP contribution in [0.3, 0.4) is 0 Å². The van der Waals surface area contributed by atoms with E-state index in [-0.39, 0.29) is 0 Å². The molecule has 1 saturated carbocycles. The molecule has 1 aliphatic rings. The van der Waals surface area contributed by atoms with Crippen molar-refractivity contribution in [3.05, 3.63) is 5.82 Å². The first kappa shape index (κ1) is 11.9. The Morgan fingerprint density at radius 2 is 2.19 bits per heavy atom. The molecule has 1 aromatic heterocycles. The van der Waals surface area contributed by atoms with E-state index in [4.69, 9.17) is 5.73 Å². The van der Waals surface area contributed by atoms with Crippen LogP contribution in [0.4, 0.5) is 0 Å². The fraction of sp³-hybridized carbons (Fsp3) is 0.818. The highest BCUT2D eigenvalue weighted by molar-refractivity contribution is 7.99. The van der Waals surface area contributed by atoms with Gasteiger partial charge in [0.25, 0.3) is 0 Å². The van der Waals surface area contributed by atoms with Gasteiger partial charge in [-0.2, -0.15) is 0 Å². The first-order valence-electron chi connectivity index (χ1n) is 5.99. The largest absolute Gasteiger partial charge is 0.324 e. The Bertz CT molecular complexity index is 344. The van der Waals surface area contributed by atoms with Crippen molar-refractivity contribution < 1.29 is 0 Å². The lowest BCUT2D eigenvalue weighted by molar-refractivity contribution is 0.526. The van der Waals surface area contributed by atoms with E-state index in [1.54, 1.807) is 0 Å². The van der Waals surface area contributed by atoms with Crippen LogP contribution in [-0.2, 0) is 6.54 Å². The van der Waals surface area contributed by atoms with Crippen molar-refractivity contribution in [1.82, 2.24) is 14.8 Å². The minimum absolute atomic E-state index is 0.386. The number of thioether (sulfide) groups is 1. The SMILES string of the molecule is CC(C)n1c(CN)nnc1SCCC1CC1. The standard InChI is InChI=1S/C11H20N4S/c1-8(2)15-10(7-12)13-14-11(15)16-6-5-9-3-4-9/h8-9H,3-7,12H2,1-2H3. The van der Waals surface area contributed by atoms with Gasteiger partial charge < -0.3 is 10.3 Å². The molecule has 2 N–H and O–H groups in total. The van der Waals surface area contributed by atoms with E-state index in [9.17, 15) is 0 Å². The monoisotopic (exact) mass is 240 g/mol. The lowest BCUT2D eigenvalue weighted by atomic mass is 10.3. The molecule has 0 spiro atoms. The van der Waals surface area contributed by atoms with Crippen molar-refractivity contribution in [1.29, 1.82) is 0 Å². The molecule has 2 rings (SSSR count). The molecule has 0 atom stereocenters. The third-order valence-electron chi connectivity index (χ3n) is 2.89. The van der Waals surface area contributed by atoms with Gasteiger partial charge in [-0.3, -0.25) is 0 Å². The Hall–Kier alpha value is -0.550. The van der Waals surface area contributed by atoms with Crippen LogP contribution in [0.2, 0.25) is 0 Å². The molecule has 1 fully saturated rings. The maximum absolute atomic E-state index is 5.66. The zero-order valence-corrected chi connectivity index (χ0v) is 10.8. The van der Waals surface area contributed by atoms with Crippen LogP contribution in [0.15, 0.2) is 5.16 Å². The van der Waals surface area contributed by atoms with Gasteiger partial charge in [0.1, 0.15) is 5.82 Å². The minimum Gasteiger partial charge on any atom is -0.324 e. The second-order valence-electron chi connectivity index (χ2n) is 4.65. The molecule has 0 saturated heterocycles. The summed E-state index contributed by atoms with van der Waals surface area (Å²) in [5.41, 5.74) is 5.66. The summed E-state index contributed by atoms with van der Waals surface area (Å²) in [6, 6.07) is 0.386. The molecule has 4 nitrogen and oxygen atoms in total. The summed E-state index contributed by atoms with van der Waals surface area (Å²) in [5, 5.41) is 9.38. The third-order valence-corrected chi connectivity index (χ3v) is 3.86. The highest BCUT2D eigenvalue weighted by Crippen LogP contribution is 2.34. The summed E-state index contributed by atoms with van der Waals surface area (Å²) in [7, 11) is 0. The Balaban J connectivity index is 1.97. The summed E-state index contributed by atoms with van der Waals surface area (Å²) in [4.78, 5) is 0. The van der Waals surface area contributed by atoms with E-state index in [0.29, 0.717) is 12.6 Å². The van der Waals surface area contributed by atoms with E-state index in [0.717, 1.165) is 22.7 Å². The second-order valence-corrected chi connectivity index (χ2v) is 5.71. The van der Waals surface area contributed by atoms with Crippen LogP contribution < -0.4 is 5.73 Å². The van der Waals surface area contributed by atoms with Crippen LogP contribution in [0.25, 0.3) is 0 Å². The van der Waals surface area contributed by atoms with Crippen molar-refractivity contribution in [3.63, 3.8) is 0 Å². The first-order valence-corrected chi connectivity index (χ1v) is 6.97. The number of hydrogen-bond acceptors (Lipinski definition) is 4. The molecule has 1 aliphatic carbocycles. The average molecular weight is 240 g/mol. The normalized spacial score (nSPS) is 16.0. The summed E-state index contributed by atoms with van der Waals surface area (Å²) in [5.74, 6) is 3.03. The van der Waals surface area contributed by atoms with Gasteiger partial charge in [-0.15, -0.1) is 10.2 Å². The average Bonchev–Trinajstić information content (AvgIpc) is 2.96. The van der Waals surface area contributed by atoms with Crippen LogP contribution >= 0.6 is 11.8 Å². The lowest BCUT2D eigenvalue weighted by Gasteiger charge is -2.12. The van der Waals surface area contributed by atoms with E-state index in [1.807, 2.05) is 11.8 Å². The smallest absolute Gasteiger partial charge is 0.191 e. The van der Waals surface area contributed by atoms with Crippen molar-refractivity contribution in [2.45, 2.75) is 50.9 Å². The molecule has 0 radical (unpaired) electrons. The highest BCUT2D eigenvalue weighted by atomic mass is 32.2. The molecule has 0 aromatic carbocycles. The molecule has 90 valence electrons. The maximum atomic E-state index is 5.66. The van der Waals surface area contributed by atoms with Crippen LogP contribution in [-0.4, -0.2) is 20.5 Å². The maximum Gasteiger partial charge on any atom is 0.191 e. The van der Waals surface area contributed by atoms with Crippen LogP contribution in [0.5, 0.6) is 0 Å². The quantitative estimate of drug-likeness (QED) is 0.775. The van der Waals surface area contributed by atoms with Gasteiger partial charge in [-0.1, -0.05) is 24.6 Å². The van der Waals surface area contributed by atoms with Crippen LogP contribution in [0, 0.1) is 5.92 Å². The lowest BCUT2D eigenvalue weighted by Crippen LogP contribution is -2.11. The fourth-order valence-electron chi connectivity index (χ4n) is 1.79. The summed E-state index contributed by atoms with van der Waals surface area (Å²) in [6.45, 7) is 4.76. The predicted molar refractivity (Wildman–Crippen MR) is 66.4 cm³/mol. The van der Waals surface area contributed by atoms with Crippen molar-refractivity contribution in [2.24, 2.45) is 11.7 Å².